The van der Waals surface area contributed by atoms with Gasteiger partial charge in [-0.1, -0.05) is 6.07 Å². The van der Waals surface area contributed by atoms with Crippen molar-refractivity contribution >= 4 is 21.7 Å². The van der Waals surface area contributed by atoms with Crippen LogP contribution in [0.15, 0.2) is 29.2 Å². The standard InChI is InChI=1S/C9H13N3O3S/c1-2-11-9(13)12-16(14,15)8-5-3-4-7(10)6-8/h3-6H,2,10H2,1H3,(H2,11,12,13). The molecule has 0 heterocycles. The van der Waals surface area contributed by atoms with Gasteiger partial charge in [-0.25, -0.2) is 17.9 Å². The molecule has 0 aromatic heterocycles. The number of carbonyl (C=O) groups excluding carboxylic acids is 1. The molecule has 1 aromatic rings. The maximum Gasteiger partial charge on any atom is 0.328 e. The summed E-state index contributed by atoms with van der Waals surface area (Å²) in [5.41, 5.74) is 5.77. The molecule has 0 fully saturated rings. The molecule has 4 N–H and O–H groups in total. The zero-order valence-electron chi connectivity index (χ0n) is 8.73. The van der Waals surface area contributed by atoms with Crippen LogP contribution in [0.3, 0.4) is 0 Å². The highest BCUT2D eigenvalue weighted by Gasteiger charge is 2.16. The molecule has 0 aliphatic carbocycles. The molecule has 7 heteroatoms. The van der Waals surface area contributed by atoms with E-state index < -0.39 is 16.1 Å². The SMILES string of the molecule is CCNC(=O)NS(=O)(=O)c1cccc(N)c1. The highest BCUT2D eigenvalue weighted by atomic mass is 32.2. The third kappa shape index (κ3) is 3.13. The van der Waals surface area contributed by atoms with E-state index in [1.54, 1.807) is 13.0 Å². The van der Waals surface area contributed by atoms with Crippen molar-refractivity contribution in [3.63, 3.8) is 0 Å². The van der Waals surface area contributed by atoms with Crippen molar-refractivity contribution in [1.82, 2.24) is 10.0 Å². The first-order chi connectivity index (χ1) is 7.45. The number of amides is 2. The quantitative estimate of drug-likeness (QED) is 0.663. The first kappa shape index (κ1) is 12.3. The molecule has 2 amide bonds. The number of anilines is 1. The molecule has 6 nitrogen and oxygen atoms in total. The van der Waals surface area contributed by atoms with Gasteiger partial charge in [-0.2, -0.15) is 0 Å². The topological polar surface area (TPSA) is 101 Å². The fourth-order valence-electron chi connectivity index (χ4n) is 1.06. The zero-order valence-corrected chi connectivity index (χ0v) is 9.54. The Morgan fingerprint density at radius 3 is 2.69 bits per heavy atom. The summed E-state index contributed by atoms with van der Waals surface area (Å²) in [7, 11) is -3.85. The molecule has 0 aliphatic heterocycles. The molecule has 16 heavy (non-hydrogen) atoms. The van der Waals surface area contributed by atoms with Gasteiger partial charge in [-0.05, 0) is 25.1 Å². The molecule has 1 aromatic carbocycles. The van der Waals surface area contributed by atoms with Gasteiger partial charge in [0.1, 0.15) is 0 Å². The van der Waals surface area contributed by atoms with Gasteiger partial charge >= 0.3 is 6.03 Å². The lowest BCUT2D eigenvalue weighted by Crippen LogP contribution is -2.39. The number of nitrogens with two attached hydrogens (primary N) is 1. The van der Waals surface area contributed by atoms with Gasteiger partial charge in [0.2, 0.25) is 0 Å². The summed E-state index contributed by atoms with van der Waals surface area (Å²) in [5.74, 6) is 0. The molecule has 0 bridgehead atoms. The second-order valence-corrected chi connectivity index (χ2v) is 4.72. The summed E-state index contributed by atoms with van der Waals surface area (Å²) >= 11 is 0. The minimum atomic E-state index is -3.85. The third-order valence-corrected chi connectivity index (χ3v) is 3.06. The Morgan fingerprint density at radius 2 is 2.12 bits per heavy atom. The first-order valence-corrected chi connectivity index (χ1v) is 6.10. The molecule has 1 rings (SSSR count). The lowest BCUT2D eigenvalue weighted by molar-refractivity contribution is 0.246. The van der Waals surface area contributed by atoms with Crippen molar-refractivity contribution in [1.29, 1.82) is 0 Å². The summed E-state index contributed by atoms with van der Waals surface area (Å²) in [6, 6.07) is 4.94. The Bertz CT molecular complexity index is 485. The number of urea groups is 1. The molecule has 88 valence electrons. The molecule has 0 spiro atoms. The van der Waals surface area contributed by atoms with E-state index in [0.29, 0.717) is 12.2 Å². The normalized spacial score (nSPS) is 10.8. The van der Waals surface area contributed by atoms with E-state index >= 15 is 0 Å². The summed E-state index contributed by atoms with van der Waals surface area (Å²) in [5, 5.41) is 2.33. The lowest BCUT2D eigenvalue weighted by atomic mass is 10.3. The second-order valence-electron chi connectivity index (χ2n) is 3.04. The Kier molecular flexibility index (Phi) is 3.73. The molecular formula is C9H13N3O3S. The smallest absolute Gasteiger partial charge is 0.328 e. The number of carbonyl (C=O) groups is 1. The number of benzene rings is 1. The van der Waals surface area contributed by atoms with Crippen LogP contribution in [0.1, 0.15) is 6.92 Å². The molecule has 0 radical (unpaired) electrons. The van der Waals surface area contributed by atoms with E-state index in [0.717, 1.165) is 0 Å². The highest BCUT2D eigenvalue weighted by molar-refractivity contribution is 7.90. The van der Waals surface area contributed by atoms with E-state index in [2.05, 4.69) is 5.32 Å². The van der Waals surface area contributed by atoms with Crippen LogP contribution in [0.4, 0.5) is 10.5 Å². The number of rotatable bonds is 3. The van der Waals surface area contributed by atoms with Crippen LogP contribution in [0.2, 0.25) is 0 Å². The van der Waals surface area contributed by atoms with E-state index in [-0.39, 0.29) is 4.90 Å². The summed E-state index contributed by atoms with van der Waals surface area (Å²) in [6.45, 7) is 2.03. The van der Waals surface area contributed by atoms with Crippen molar-refractivity contribution in [3.05, 3.63) is 24.3 Å². The highest BCUT2D eigenvalue weighted by Crippen LogP contribution is 2.12. The summed E-state index contributed by atoms with van der Waals surface area (Å²) in [4.78, 5) is 11.0. The molecule has 0 saturated heterocycles. The first-order valence-electron chi connectivity index (χ1n) is 4.62. The van der Waals surface area contributed by atoms with Gasteiger partial charge in [0.25, 0.3) is 10.0 Å². The number of hydrogen-bond donors (Lipinski definition) is 3. The van der Waals surface area contributed by atoms with Gasteiger partial charge in [0, 0.05) is 12.2 Å². The van der Waals surface area contributed by atoms with Crippen LogP contribution < -0.4 is 15.8 Å². The van der Waals surface area contributed by atoms with Crippen LogP contribution in [0.5, 0.6) is 0 Å². The van der Waals surface area contributed by atoms with Crippen LogP contribution in [-0.2, 0) is 10.0 Å². The van der Waals surface area contributed by atoms with Crippen LogP contribution >= 0.6 is 0 Å². The van der Waals surface area contributed by atoms with Crippen molar-refractivity contribution in [2.45, 2.75) is 11.8 Å². The van der Waals surface area contributed by atoms with Crippen molar-refractivity contribution in [3.8, 4) is 0 Å². The number of hydrogen-bond acceptors (Lipinski definition) is 4. The van der Waals surface area contributed by atoms with Crippen molar-refractivity contribution < 1.29 is 13.2 Å². The van der Waals surface area contributed by atoms with E-state index in [1.807, 2.05) is 4.72 Å². The van der Waals surface area contributed by atoms with Crippen molar-refractivity contribution in [2.75, 3.05) is 12.3 Å². The predicted molar refractivity (Wildman–Crippen MR) is 60.2 cm³/mol. The maximum atomic E-state index is 11.6. The van der Waals surface area contributed by atoms with Gasteiger partial charge in [-0.3, -0.25) is 0 Å². The molecule has 0 saturated carbocycles. The summed E-state index contributed by atoms with van der Waals surface area (Å²) in [6.07, 6.45) is 0. The lowest BCUT2D eigenvalue weighted by Gasteiger charge is -2.07. The molecular weight excluding hydrogens is 230 g/mol. The van der Waals surface area contributed by atoms with Crippen LogP contribution in [0, 0.1) is 0 Å². The van der Waals surface area contributed by atoms with Gasteiger partial charge in [0.05, 0.1) is 4.90 Å². The average molecular weight is 243 g/mol. The molecule has 0 unspecified atom stereocenters. The van der Waals surface area contributed by atoms with Crippen LogP contribution in [-0.4, -0.2) is 21.0 Å². The Labute approximate surface area is 93.9 Å². The monoisotopic (exact) mass is 243 g/mol. The molecule has 0 atom stereocenters. The van der Waals surface area contributed by atoms with E-state index in [9.17, 15) is 13.2 Å². The number of sulfonamides is 1. The fourth-order valence-corrected chi connectivity index (χ4v) is 2.04. The minimum absolute atomic E-state index is 0.0428. The van der Waals surface area contributed by atoms with E-state index in [1.165, 1.54) is 18.2 Å². The predicted octanol–water partition coefficient (Wildman–Crippen LogP) is 0.277. The summed E-state index contributed by atoms with van der Waals surface area (Å²) < 4.78 is 25.2. The van der Waals surface area contributed by atoms with Gasteiger partial charge in [0.15, 0.2) is 0 Å². The Balaban J connectivity index is 2.90. The van der Waals surface area contributed by atoms with Gasteiger partial charge in [-0.15, -0.1) is 0 Å². The minimum Gasteiger partial charge on any atom is -0.399 e. The number of nitrogens with one attached hydrogen (secondary N) is 2. The third-order valence-electron chi connectivity index (χ3n) is 1.73. The molecule has 0 aliphatic rings. The maximum absolute atomic E-state index is 11.6. The Morgan fingerprint density at radius 1 is 1.44 bits per heavy atom. The zero-order chi connectivity index (χ0) is 12.2. The Hall–Kier alpha value is -1.76. The van der Waals surface area contributed by atoms with Crippen molar-refractivity contribution in [2.24, 2.45) is 0 Å². The van der Waals surface area contributed by atoms with Gasteiger partial charge < -0.3 is 11.1 Å². The largest absolute Gasteiger partial charge is 0.399 e. The average Bonchev–Trinajstić information content (AvgIpc) is 2.17. The van der Waals surface area contributed by atoms with E-state index in [4.69, 9.17) is 5.73 Å². The second kappa shape index (κ2) is 4.84. The number of nitrogen functional groups attached to an aromatic ring is 1. The fraction of sp³-hybridized carbons (Fsp3) is 0.222. The van der Waals surface area contributed by atoms with Crippen LogP contribution in [0.25, 0.3) is 0 Å².